The summed E-state index contributed by atoms with van der Waals surface area (Å²) in [5.74, 6) is 2.19. The number of hydrogen-bond acceptors (Lipinski definition) is 3. The molecular formula is C19H23NO2S. The van der Waals surface area contributed by atoms with Crippen molar-refractivity contribution < 1.29 is 9.53 Å². The number of carbonyl (C=O) groups is 1. The van der Waals surface area contributed by atoms with Crippen LogP contribution in [0.3, 0.4) is 0 Å². The van der Waals surface area contributed by atoms with E-state index in [1.54, 1.807) is 11.8 Å². The molecule has 4 heteroatoms. The monoisotopic (exact) mass is 329 g/mol. The maximum absolute atomic E-state index is 11.9. The second-order valence-electron chi connectivity index (χ2n) is 5.57. The summed E-state index contributed by atoms with van der Waals surface area (Å²) in [6, 6.07) is 18.1. The van der Waals surface area contributed by atoms with Crippen LogP contribution in [0.2, 0.25) is 0 Å². The molecule has 1 atom stereocenters. The Labute approximate surface area is 142 Å². The number of aryl methyl sites for hydroxylation is 1. The summed E-state index contributed by atoms with van der Waals surface area (Å²) in [4.78, 5) is 11.9. The maximum Gasteiger partial charge on any atom is 0.230 e. The third kappa shape index (κ3) is 6.78. The summed E-state index contributed by atoms with van der Waals surface area (Å²) in [6.45, 7) is 4.46. The number of nitrogens with one attached hydrogen (secondary N) is 1. The van der Waals surface area contributed by atoms with Crippen molar-refractivity contribution >= 4 is 17.7 Å². The van der Waals surface area contributed by atoms with Gasteiger partial charge in [-0.2, -0.15) is 0 Å². The van der Waals surface area contributed by atoms with Crippen LogP contribution in [0.15, 0.2) is 54.6 Å². The lowest BCUT2D eigenvalue weighted by Gasteiger charge is -2.15. The zero-order valence-corrected chi connectivity index (χ0v) is 14.4. The zero-order chi connectivity index (χ0) is 16.5. The summed E-state index contributed by atoms with van der Waals surface area (Å²) >= 11 is 1.62. The van der Waals surface area contributed by atoms with Crippen LogP contribution in [0.25, 0.3) is 0 Å². The molecular weight excluding hydrogens is 306 g/mol. The Kier molecular flexibility index (Phi) is 7.01. The van der Waals surface area contributed by atoms with Crippen molar-refractivity contribution in [2.45, 2.75) is 25.6 Å². The highest BCUT2D eigenvalue weighted by Crippen LogP contribution is 2.12. The predicted molar refractivity (Wildman–Crippen MR) is 96.9 cm³/mol. The first-order chi connectivity index (χ1) is 11.1. The van der Waals surface area contributed by atoms with Gasteiger partial charge < -0.3 is 10.1 Å². The van der Waals surface area contributed by atoms with Crippen molar-refractivity contribution in [3.05, 3.63) is 65.7 Å². The van der Waals surface area contributed by atoms with Crippen molar-refractivity contribution in [3.63, 3.8) is 0 Å². The molecule has 0 aromatic heterocycles. The first-order valence-corrected chi connectivity index (χ1v) is 8.89. The van der Waals surface area contributed by atoms with Gasteiger partial charge in [-0.15, -0.1) is 11.8 Å². The number of hydrogen-bond donors (Lipinski definition) is 1. The lowest BCUT2D eigenvalue weighted by Crippen LogP contribution is -2.37. The minimum absolute atomic E-state index is 0.0128. The van der Waals surface area contributed by atoms with E-state index in [-0.39, 0.29) is 11.9 Å². The minimum atomic E-state index is -0.0128. The number of carbonyl (C=O) groups excluding carboxylic acids is 1. The molecule has 0 spiro atoms. The molecule has 1 amide bonds. The molecule has 0 heterocycles. The number of rotatable bonds is 8. The van der Waals surface area contributed by atoms with Crippen LogP contribution in [-0.2, 0) is 10.5 Å². The van der Waals surface area contributed by atoms with Crippen molar-refractivity contribution in [2.75, 3.05) is 12.4 Å². The highest BCUT2D eigenvalue weighted by atomic mass is 32.2. The second kappa shape index (κ2) is 9.26. The van der Waals surface area contributed by atoms with Crippen LogP contribution in [0, 0.1) is 6.92 Å². The highest BCUT2D eigenvalue weighted by Gasteiger charge is 2.08. The van der Waals surface area contributed by atoms with Gasteiger partial charge in [0.25, 0.3) is 0 Å². The molecule has 2 aromatic rings. The Balaban J connectivity index is 1.63. The zero-order valence-electron chi connectivity index (χ0n) is 13.6. The Morgan fingerprint density at radius 1 is 1.13 bits per heavy atom. The molecule has 2 rings (SSSR count). The normalized spacial score (nSPS) is 11.7. The van der Waals surface area contributed by atoms with Gasteiger partial charge >= 0.3 is 0 Å². The van der Waals surface area contributed by atoms with E-state index in [0.717, 1.165) is 11.5 Å². The Morgan fingerprint density at radius 3 is 2.52 bits per heavy atom. The van der Waals surface area contributed by atoms with Crippen LogP contribution in [0.4, 0.5) is 0 Å². The van der Waals surface area contributed by atoms with Gasteiger partial charge in [0.2, 0.25) is 5.91 Å². The molecule has 23 heavy (non-hydrogen) atoms. The molecule has 122 valence electrons. The van der Waals surface area contributed by atoms with Crippen LogP contribution in [-0.4, -0.2) is 24.3 Å². The number of benzene rings is 2. The van der Waals surface area contributed by atoms with Crippen LogP contribution >= 0.6 is 11.8 Å². The number of ether oxygens (including phenoxy) is 1. The fourth-order valence-electron chi connectivity index (χ4n) is 2.05. The van der Waals surface area contributed by atoms with Gasteiger partial charge in [0.15, 0.2) is 0 Å². The van der Waals surface area contributed by atoms with E-state index >= 15 is 0 Å². The van der Waals surface area contributed by atoms with Gasteiger partial charge in [0.05, 0.1) is 11.8 Å². The smallest absolute Gasteiger partial charge is 0.230 e. The van der Waals surface area contributed by atoms with Crippen molar-refractivity contribution in [3.8, 4) is 5.75 Å². The van der Waals surface area contributed by atoms with E-state index < -0.39 is 0 Å². The molecule has 0 aliphatic carbocycles. The predicted octanol–water partition coefficient (Wildman–Crippen LogP) is 3.81. The molecule has 0 saturated carbocycles. The van der Waals surface area contributed by atoms with Gasteiger partial charge in [0, 0.05) is 5.75 Å². The van der Waals surface area contributed by atoms with Crippen molar-refractivity contribution in [1.29, 1.82) is 0 Å². The number of amides is 1. The molecule has 0 fully saturated rings. The Hall–Kier alpha value is -1.94. The van der Waals surface area contributed by atoms with Crippen LogP contribution in [0.1, 0.15) is 18.1 Å². The molecule has 0 bridgehead atoms. The number of thioether (sulfide) groups is 1. The fourth-order valence-corrected chi connectivity index (χ4v) is 2.85. The molecule has 0 radical (unpaired) electrons. The first-order valence-electron chi connectivity index (χ1n) is 7.74. The lowest BCUT2D eigenvalue weighted by molar-refractivity contribution is -0.119. The van der Waals surface area contributed by atoms with E-state index in [1.807, 2.05) is 56.3 Å². The van der Waals surface area contributed by atoms with Gasteiger partial charge in [-0.25, -0.2) is 0 Å². The maximum atomic E-state index is 11.9. The van der Waals surface area contributed by atoms with E-state index in [0.29, 0.717) is 12.4 Å². The topological polar surface area (TPSA) is 38.3 Å². The Morgan fingerprint density at radius 2 is 1.83 bits per heavy atom. The third-order valence-electron chi connectivity index (χ3n) is 3.27. The van der Waals surface area contributed by atoms with Crippen molar-refractivity contribution in [2.24, 2.45) is 0 Å². The SMILES string of the molecule is Cc1ccc(OC[C@H](C)NC(=O)CSCc2ccccc2)cc1. The lowest BCUT2D eigenvalue weighted by atomic mass is 10.2. The third-order valence-corrected chi connectivity index (χ3v) is 4.28. The molecule has 0 aliphatic heterocycles. The van der Waals surface area contributed by atoms with E-state index in [1.165, 1.54) is 11.1 Å². The fraction of sp³-hybridized carbons (Fsp3) is 0.316. The summed E-state index contributed by atoms with van der Waals surface area (Å²) in [7, 11) is 0. The average Bonchev–Trinajstić information content (AvgIpc) is 2.55. The molecule has 2 aromatic carbocycles. The molecule has 1 N–H and O–H groups in total. The highest BCUT2D eigenvalue weighted by molar-refractivity contribution is 7.99. The van der Waals surface area contributed by atoms with E-state index in [9.17, 15) is 4.79 Å². The molecule has 0 saturated heterocycles. The summed E-state index contributed by atoms with van der Waals surface area (Å²) in [5.41, 5.74) is 2.44. The molecule has 0 unspecified atom stereocenters. The van der Waals surface area contributed by atoms with Crippen LogP contribution in [0.5, 0.6) is 5.75 Å². The summed E-state index contributed by atoms with van der Waals surface area (Å²) in [6.07, 6.45) is 0. The first kappa shape index (κ1) is 17.4. The second-order valence-corrected chi connectivity index (χ2v) is 6.56. The molecule has 0 aliphatic rings. The van der Waals surface area contributed by atoms with Gasteiger partial charge in [-0.1, -0.05) is 48.0 Å². The largest absolute Gasteiger partial charge is 0.491 e. The van der Waals surface area contributed by atoms with Crippen LogP contribution < -0.4 is 10.1 Å². The standard InChI is InChI=1S/C19H23NO2S/c1-15-8-10-18(11-9-15)22-12-16(2)20-19(21)14-23-13-17-6-4-3-5-7-17/h3-11,16H,12-14H2,1-2H3,(H,20,21)/t16-/m0/s1. The van der Waals surface area contributed by atoms with Gasteiger partial charge in [-0.3, -0.25) is 4.79 Å². The minimum Gasteiger partial charge on any atom is -0.491 e. The van der Waals surface area contributed by atoms with Crippen molar-refractivity contribution in [1.82, 2.24) is 5.32 Å². The summed E-state index contributed by atoms with van der Waals surface area (Å²) in [5, 5.41) is 2.96. The van der Waals surface area contributed by atoms with Gasteiger partial charge in [-0.05, 0) is 31.5 Å². The Bertz CT molecular complexity index is 599. The summed E-state index contributed by atoms with van der Waals surface area (Å²) < 4.78 is 5.68. The van der Waals surface area contributed by atoms with E-state index in [4.69, 9.17) is 4.74 Å². The van der Waals surface area contributed by atoms with Gasteiger partial charge in [0.1, 0.15) is 12.4 Å². The molecule has 3 nitrogen and oxygen atoms in total. The quantitative estimate of drug-likeness (QED) is 0.800. The van der Waals surface area contributed by atoms with E-state index in [2.05, 4.69) is 17.4 Å². The average molecular weight is 329 g/mol.